The average Bonchev–Trinajstić information content (AvgIpc) is 3.21. The van der Waals surface area contributed by atoms with Gasteiger partial charge in [0.2, 0.25) is 0 Å². The molecule has 3 N–H and O–H groups in total. The number of carbonyl (C=O) groups excluding carboxylic acids is 1. The van der Waals surface area contributed by atoms with Crippen molar-refractivity contribution >= 4 is 13.8 Å². The van der Waals surface area contributed by atoms with Crippen molar-refractivity contribution in [1.82, 2.24) is 0 Å². The van der Waals surface area contributed by atoms with E-state index in [0.29, 0.717) is 13.0 Å². The van der Waals surface area contributed by atoms with Gasteiger partial charge in [-0.1, -0.05) is 218 Å². The number of phosphoric acid groups is 1. The Labute approximate surface area is 359 Å². The molecule has 8 nitrogen and oxygen atoms in total. The molecule has 0 aromatic heterocycles. The van der Waals surface area contributed by atoms with E-state index in [1.807, 2.05) is 0 Å². The van der Waals surface area contributed by atoms with Crippen molar-refractivity contribution in [2.75, 3.05) is 33.0 Å². The fraction of sp³-hybridized carbons (Fsp3) is 0.898. The summed E-state index contributed by atoms with van der Waals surface area (Å²) in [4.78, 5) is 22.5. The quantitative estimate of drug-likeness (QED) is 0.0269. The number of ether oxygens (including phenoxy) is 2. The van der Waals surface area contributed by atoms with E-state index in [9.17, 15) is 14.3 Å². The van der Waals surface area contributed by atoms with Gasteiger partial charge in [0.1, 0.15) is 6.10 Å². The van der Waals surface area contributed by atoms with Crippen LogP contribution >= 0.6 is 7.82 Å². The van der Waals surface area contributed by atoms with Crippen LogP contribution in [0.15, 0.2) is 24.3 Å². The van der Waals surface area contributed by atoms with Gasteiger partial charge in [-0.05, 0) is 44.9 Å². The lowest BCUT2D eigenvalue weighted by atomic mass is 10.0. The van der Waals surface area contributed by atoms with Crippen LogP contribution < -0.4 is 5.73 Å². The molecule has 2 atom stereocenters. The molecule has 0 amide bonds. The third kappa shape index (κ3) is 46.1. The molecule has 0 fully saturated rings. The Balaban J connectivity index is 3.92. The summed E-state index contributed by atoms with van der Waals surface area (Å²) < 4.78 is 33.6. The van der Waals surface area contributed by atoms with Gasteiger partial charge in [0, 0.05) is 19.6 Å². The van der Waals surface area contributed by atoms with E-state index in [0.717, 1.165) is 44.9 Å². The number of unbranched alkanes of at least 4 members (excludes halogenated alkanes) is 31. The smallest absolute Gasteiger partial charge is 0.457 e. The largest absolute Gasteiger partial charge is 0.472 e. The van der Waals surface area contributed by atoms with Crippen molar-refractivity contribution in [3.8, 4) is 0 Å². The molecule has 0 aromatic carbocycles. The number of rotatable bonds is 48. The van der Waals surface area contributed by atoms with Gasteiger partial charge < -0.3 is 20.1 Å². The minimum Gasteiger partial charge on any atom is -0.457 e. The van der Waals surface area contributed by atoms with Gasteiger partial charge in [-0.3, -0.25) is 13.8 Å². The number of hydrogen-bond acceptors (Lipinski definition) is 7. The summed E-state index contributed by atoms with van der Waals surface area (Å²) in [5.41, 5.74) is 5.38. The highest BCUT2D eigenvalue weighted by Gasteiger charge is 2.25. The Kier molecular flexibility index (Phi) is 46.2. The van der Waals surface area contributed by atoms with E-state index >= 15 is 0 Å². The number of hydrogen-bond donors (Lipinski definition) is 2. The lowest BCUT2D eigenvalue weighted by Crippen LogP contribution is -2.28. The van der Waals surface area contributed by atoms with Crippen LogP contribution in [0.4, 0.5) is 0 Å². The molecule has 0 heterocycles. The summed E-state index contributed by atoms with van der Waals surface area (Å²) >= 11 is 0. The third-order valence-electron chi connectivity index (χ3n) is 10.9. The van der Waals surface area contributed by atoms with Crippen molar-refractivity contribution < 1.29 is 32.8 Å². The maximum absolute atomic E-state index is 12.6. The van der Waals surface area contributed by atoms with Gasteiger partial charge in [-0.2, -0.15) is 0 Å². The van der Waals surface area contributed by atoms with Gasteiger partial charge in [-0.15, -0.1) is 0 Å². The number of phosphoric ester groups is 1. The first-order chi connectivity index (χ1) is 28.4. The predicted molar refractivity (Wildman–Crippen MR) is 247 cm³/mol. The van der Waals surface area contributed by atoms with Crippen LogP contribution in [-0.4, -0.2) is 49.9 Å². The summed E-state index contributed by atoms with van der Waals surface area (Å²) in [6.07, 6.45) is 53.5. The van der Waals surface area contributed by atoms with E-state index in [1.54, 1.807) is 0 Å². The van der Waals surface area contributed by atoms with E-state index in [2.05, 4.69) is 38.2 Å². The molecule has 0 aromatic rings. The summed E-state index contributed by atoms with van der Waals surface area (Å²) in [6.45, 7) is 4.94. The second kappa shape index (κ2) is 47.0. The summed E-state index contributed by atoms with van der Waals surface area (Å²) in [5, 5.41) is 0. The van der Waals surface area contributed by atoms with Crippen molar-refractivity contribution in [1.29, 1.82) is 0 Å². The molecule has 0 spiro atoms. The molecule has 0 aliphatic carbocycles. The normalized spacial score (nSPS) is 13.5. The lowest BCUT2D eigenvalue weighted by molar-refractivity contribution is -0.154. The minimum absolute atomic E-state index is 0.0948. The second-order valence-electron chi connectivity index (χ2n) is 16.7. The molecule has 0 radical (unpaired) electrons. The second-order valence-corrected chi connectivity index (χ2v) is 18.1. The maximum Gasteiger partial charge on any atom is 0.472 e. The van der Waals surface area contributed by atoms with Crippen LogP contribution in [0.5, 0.6) is 0 Å². The first kappa shape index (κ1) is 57.0. The molecule has 0 saturated heterocycles. The fourth-order valence-corrected chi connectivity index (χ4v) is 7.97. The van der Waals surface area contributed by atoms with Gasteiger partial charge in [0.15, 0.2) is 0 Å². The number of nitrogens with two attached hydrogens (primary N) is 1. The van der Waals surface area contributed by atoms with E-state index < -0.39 is 13.9 Å². The van der Waals surface area contributed by atoms with Crippen LogP contribution in [0.2, 0.25) is 0 Å². The molecular formula is C49H96NO7P. The van der Waals surface area contributed by atoms with Crippen LogP contribution in [-0.2, 0) is 27.9 Å². The summed E-state index contributed by atoms with van der Waals surface area (Å²) in [7, 11) is -4.28. The molecule has 0 aliphatic heterocycles. The number of allylic oxidation sites excluding steroid dienone is 4. The topological polar surface area (TPSA) is 117 Å². The van der Waals surface area contributed by atoms with Crippen molar-refractivity contribution in [3.63, 3.8) is 0 Å². The summed E-state index contributed by atoms with van der Waals surface area (Å²) in [5.74, 6) is -0.334. The Hall–Kier alpha value is -1.02. The monoisotopic (exact) mass is 842 g/mol. The number of carbonyl (C=O) groups is 1. The molecule has 344 valence electrons. The highest BCUT2D eigenvalue weighted by Crippen LogP contribution is 2.43. The Bertz CT molecular complexity index is 946. The maximum atomic E-state index is 12.6. The van der Waals surface area contributed by atoms with Crippen LogP contribution in [0, 0.1) is 0 Å². The zero-order chi connectivity index (χ0) is 42.3. The van der Waals surface area contributed by atoms with Crippen molar-refractivity contribution in [2.45, 2.75) is 251 Å². The zero-order valence-corrected chi connectivity index (χ0v) is 39.2. The predicted octanol–water partition coefficient (Wildman–Crippen LogP) is 15.2. The fourth-order valence-electron chi connectivity index (χ4n) is 7.21. The Morgan fingerprint density at radius 2 is 0.914 bits per heavy atom. The summed E-state index contributed by atoms with van der Waals surface area (Å²) in [6, 6.07) is 0. The Morgan fingerprint density at radius 3 is 1.38 bits per heavy atom. The molecule has 0 bridgehead atoms. The van der Waals surface area contributed by atoms with Gasteiger partial charge >= 0.3 is 13.8 Å². The average molecular weight is 842 g/mol. The number of esters is 1. The third-order valence-corrected chi connectivity index (χ3v) is 11.9. The first-order valence-electron chi connectivity index (χ1n) is 24.8. The zero-order valence-electron chi connectivity index (χ0n) is 38.3. The molecule has 58 heavy (non-hydrogen) atoms. The van der Waals surface area contributed by atoms with Crippen LogP contribution in [0.1, 0.15) is 245 Å². The van der Waals surface area contributed by atoms with Gasteiger partial charge in [0.05, 0.1) is 19.8 Å². The van der Waals surface area contributed by atoms with Gasteiger partial charge in [-0.25, -0.2) is 4.57 Å². The molecule has 0 aliphatic rings. The Morgan fingerprint density at radius 1 is 0.517 bits per heavy atom. The lowest BCUT2D eigenvalue weighted by Gasteiger charge is -2.20. The van der Waals surface area contributed by atoms with Crippen LogP contribution in [0.25, 0.3) is 0 Å². The van der Waals surface area contributed by atoms with Crippen molar-refractivity contribution in [2.24, 2.45) is 5.73 Å². The highest BCUT2D eigenvalue weighted by molar-refractivity contribution is 7.47. The van der Waals surface area contributed by atoms with Gasteiger partial charge in [0.25, 0.3) is 0 Å². The molecule has 9 heteroatoms. The first-order valence-corrected chi connectivity index (χ1v) is 26.3. The SMILES string of the molecule is CCCCC/C=C\C/C=C\CCCCCCCCCC(=O)OC(COCCCCCCCCCCCCCCCCCCCCCCCC)COP(=O)(O)OCCN. The molecule has 0 rings (SSSR count). The molecule has 2 unspecified atom stereocenters. The van der Waals surface area contributed by atoms with E-state index in [1.165, 1.54) is 180 Å². The minimum atomic E-state index is -4.28. The van der Waals surface area contributed by atoms with E-state index in [-0.39, 0.29) is 32.3 Å². The molecule has 0 saturated carbocycles. The van der Waals surface area contributed by atoms with Crippen LogP contribution in [0.3, 0.4) is 0 Å². The van der Waals surface area contributed by atoms with Crippen molar-refractivity contribution in [3.05, 3.63) is 24.3 Å². The standard InChI is InChI=1S/C49H96NO7P/c1-3-5-7-9-11-13-15-17-19-21-22-23-24-25-27-29-31-33-35-37-39-41-44-54-46-48(47-56-58(52,53)55-45-43-50)57-49(51)42-40-38-36-34-32-30-28-26-20-18-16-14-12-10-8-6-4-2/h12,14,18,20,48H,3-11,13,15-17,19,21-47,50H2,1-2H3,(H,52,53)/b14-12-,20-18-. The molecular weight excluding hydrogens is 746 g/mol. The van der Waals surface area contributed by atoms with E-state index in [4.69, 9.17) is 24.3 Å². The highest BCUT2D eigenvalue weighted by atomic mass is 31.2.